The van der Waals surface area contributed by atoms with Crippen LogP contribution in [0.2, 0.25) is 0 Å². The number of hydrogen-bond donors (Lipinski definition) is 1. The van der Waals surface area contributed by atoms with Crippen molar-refractivity contribution in [2.24, 2.45) is 0 Å². The second-order valence-corrected chi connectivity index (χ2v) is 5.57. The monoisotopic (exact) mass is 310 g/mol. The molecule has 0 aliphatic carbocycles. The summed E-state index contributed by atoms with van der Waals surface area (Å²) in [6.45, 7) is 5.81. The highest BCUT2D eigenvalue weighted by atomic mass is 79.9. The van der Waals surface area contributed by atoms with Crippen molar-refractivity contribution in [3.63, 3.8) is 0 Å². The summed E-state index contributed by atoms with van der Waals surface area (Å²) in [6, 6.07) is 8.34. The molecule has 3 nitrogen and oxygen atoms in total. The number of likely N-dealkylation sites (tertiary alicyclic amines) is 1. The number of nitrogens with zero attached hydrogens (tertiary/aromatic N) is 1. The molecule has 2 unspecified atom stereocenters. The predicted octanol–water partition coefficient (Wildman–Crippen LogP) is 2.72. The standard InChI is InChI=1S/C14H19BrN2O/c1-3-16-13-8-9-17(14(13)18)10(2)11-4-6-12(15)7-5-11/h4-7,10,13,16H,3,8-9H2,1-2H3. The van der Waals surface area contributed by atoms with E-state index in [0.29, 0.717) is 0 Å². The molecule has 1 aliphatic rings. The van der Waals surface area contributed by atoms with E-state index < -0.39 is 0 Å². The first-order chi connectivity index (χ1) is 8.63. The molecule has 98 valence electrons. The minimum Gasteiger partial charge on any atom is -0.335 e. The van der Waals surface area contributed by atoms with Gasteiger partial charge in [0.05, 0.1) is 12.1 Å². The molecule has 2 rings (SSSR count). The van der Waals surface area contributed by atoms with Crippen LogP contribution >= 0.6 is 15.9 Å². The molecule has 1 N–H and O–H groups in total. The largest absolute Gasteiger partial charge is 0.335 e. The van der Waals surface area contributed by atoms with Crippen LogP contribution in [0.15, 0.2) is 28.7 Å². The van der Waals surface area contributed by atoms with Gasteiger partial charge in [-0.05, 0) is 37.6 Å². The summed E-state index contributed by atoms with van der Waals surface area (Å²) in [6.07, 6.45) is 0.910. The average molecular weight is 311 g/mol. The Kier molecular flexibility index (Phi) is 4.40. The Balaban J connectivity index is 2.08. The van der Waals surface area contributed by atoms with Crippen molar-refractivity contribution >= 4 is 21.8 Å². The average Bonchev–Trinajstić information content (AvgIpc) is 2.72. The van der Waals surface area contributed by atoms with Gasteiger partial charge in [0.2, 0.25) is 5.91 Å². The molecule has 0 aromatic heterocycles. The third-order valence-corrected chi connectivity index (χ3v) is 4.04. The van der Waals surface area contributed by atoms with Gasteiger partial charge in [-0.1, -0.05) is 35.0 Å². The maximum absolute atomic E-state index is 12.2. The lowest BCUT2D eigenvalue weighted by atomic mass is 10.1. The summed E-state index contributed by atoms with van der Waals surface area (Å²) in [5, 5.41) is 3.24. The van der Waals surface area contributed by atoms with Crippen LogP contribution in [0.5, 0.6) is 0 Å². The maximum Gasteiger partial charge on any atom is 0.240 e. The zero-order valence-corrected chi connectivity index (χ0v) is 12.4. The smallest absolute Gasteiger partial charge is 0.240 e. The first-order valence-electron chi connectivity index (χ1n) is 6.42. The van der Waals surface area contributed by atoms with E-state index in [0.717, 1.165) is 24.0 Å². The summed E-state index contributed by atoms with van der Waals surface area (Å²) in [5.74, 6) is 0.229. The number of carbonyl (C=O) groups is 1. The number of nitrogens with one attached hydrogen (secondary N) is 1. The number of carbonyl (C=O) groups excluding carboxylic acids is 1. The summed E-state index contributed by atoms with van der Waals surface area (Å²) >= 11 is 3.43. The molecule has 2 atom stereocenters. The van der Waals surface area contributed by atoms with Crippen LogP contribution in [0.25, 0.3) is 0 Å². The van der Waals surface area contributed by atoms with Crippen molar-refractivity contribution in [3.05, 3.63) is 34.3 Å². The fraction of sp³-hybridized carbons (Fsp3) is 0.500. The van der Waals surface area contributed by atoms with Gasteiger partial charge in [0.1, 0.15) is 0 Å². The molecule has 0 saturated carbocycles. The minimum absolute atomic E-state index is 0.00731. The van der Waals surface area contributed by atoms with Gasteiger partial charge >= 0.3 is 0 Å². The lowest BCUT2D eigenvalue weighted by Crippen LogP contribution is -2.39. The van der Waals surface area contributed by atoms with Crippen LogP contribution in [0.3, 0.4) is 0 Å². The summed E-state index contributed by atoms with van der Waals surface area (Å²) in [5.41, 5.74) is 1.18. The Morgan fingerprint density at radius 2 is 2.11 bits per heavy atom. The van der Waals surface area contributed by atoms with Crippen molar-refractivity contribution in [3.8, 4) is 0 Å². The van der Waals surface area contributed by atoms with Crippen LogP contribution in [-0.4, -0.2) is 29.9 Å². The third-order valence-electron chi connectivity index (χ3n) is 3.51. The van der Waals surface area contributed by atoms with Crippen LogP contribution in [-0.2, 0) is 4.79 Å². The second kappa shape index (κ2) is 5.85. The molecule has 1 aromatic rings. The highest BCUT2D eigenvalue weighted by Gasteiger charge is 2.33. The zero-order chi connectivity index (χ0) is 13.1. The van der Waals surface area contributed by atoms with E-state index >= 15 is 0 Å². The molecule has 18 heavy (non-hydrogen) atoms. The topological polar surface area (TPSA) is 32.3 Å². The molecule has 0 bridgehead atoms. The van der Waals surface area contributed by atoms with Gasteiger partial charge < -0.3 is 10.2 Å². The van der Waals surface area contributed by atoms with E-state index in [1.54, 1.807) is 0 Å². The molecular formula is C14H19BrN2O. The summed E-state index contributed by atoms with van der Waals surface area (Å²) in [7, 11) is 0. The van der Waals surface area contributed by atoms with E-state index in [9.17, 15) is 4.79 Å². The number of likely N-dealkylation sites (N-methyl/N-ethyl adjacent to an activating group) is 1. The molecule has 1 saturated heterocycles. The van der Waals surface area contributed by atoms with Gasteiger partial charge in [-0.2, -0.15) is 0 Å². The number of halogens is 1. The van der Waals surface area contributed by atoms with Crippen molar-refractivity contribution in [1.29, 1.82) is 0 Å². The molecule has 1 amide bonds. The van der Waals surface area contributed by atoms with Gasteiger partial charge in [0, 0.05) is 11.0 Å². The Morgan fingerprint density at radius 1 is 1.44 bits per heavy atom. The van der Waals surface area contributed by atoms with E-state index in [-0.39, 0.29) is 18.0 Å². The van der Waals surface area contributed by atoms with Crippen molar-refractivity contribution in [1.82, 2.24) is 10.2 Å². The quantitative estimate of drug-likeness (QED) is 0.927. The predicted molar refractivity (Wildman–Crippen MR) is 76.4 cm³/mol. The normalized spacial score (nSPS) is 21.4. The minimum atomic E-state index is 0.00731. The SMILES string of the molecule is CCNC1CCN(C(C)c2ccc(Br)cc2)C1=O. The molecule has 0 radical (unpaired) electrons. The zero-order valence-electron chi connectivity index (χ0n) is 10.8. The highest BCUT2D eigenvalue weighted by molar-refractivity contribution is 9.10. The Hall–Kier alpha value is -0.870. The Bertz CT molecular complexity index is 418. The third kappa shape index (κ3) is 2.75. The molecule has 0 spiro atoms. The first kappa shape index (κ1) is 13.6. The number of amides is 1. The van der Waals surface area contributed by atoms with E-state index in [1.807, 2.05) is 24.0 Å². The van der Waals surface area contributed by atoms with Gasteiger partial charge in [0.15, 0.2) is 0 Å². The van der Waals surface area contributed by atoms with Crippen LogP contribution in [0.1, 0.15) is 31.9 Å². The van der Waals surface area contributed by atoms with Crippen molar-refractivity contribution in [2.75, 3.05) is 13.1 Å². The van der Waals surface area contributed by atoms with Crippen molar-refractivity contribution in [2.45, 2.75) is 32.4 Å². The molecule has 1 fully saturated rings. The number of benzene rings is 1. The van der Waals surface area contributed by atoms with Crippen LogP contribution < -0.4 is 5.32 Å². The maximum atomic E-state index is 12.2. The van der Waals surface area contributed by atoms with E-state index in [4.69, 9.17) is 0 Å². The van der Waals surface area contributed by atoms with Gasteiger partial charge in [-0.25, -0.2) is 0 Å². The molecular weight excluding hydrogens is 292 g/mol. The molecule has 1 heterocycles. The van der Waals surface area contributed by atoms with E-state index in [2.05, 4.69) is 40.3 Å². The van der Waals surface area contributed by atoms with Gasteiger partial charge in [0.25, 0.3) is 0 Å². The fourth-order valence-electron chi connectivity index (χ4n) is 2.44. The fourth-order valence-corrected chi connectivity index (χ4v) is 2.71. The lowest BCUT2D eigenvalue weighted by Gasteiger charge is -2.25. The summed E-state index contributed by atoms with van der Waals surface area (Å²) < 4.78 is 1.07. The number of rotatable bonds is 4. The summed E-state index contributed by atoms with van der Waals surface area (Å²) in [4.78, 5) is 14.2. The second-order valence-electron chi connectivity index (χ2n) is 4.66. The lowest BCUT2D eigenvalue weighted by molar-refractivity contribution is -0.131. The molecule has 1 aromatic carbocycles. The first-order valence-corrected chi connectivity index (χ1v) is 7.22. The van der Waals surface area contributed by atoms with E-state index in [1.165, 1.54) is 5.56 Å². The highest BCUT2D eigenvalue weighted by Crippen LogP contribution is 2.26. The van der Waals surface area contributed by atoms with Gasteiger partial charge in [-0.3, -0.25) is 4.79 Å². The van der Waals surface area contributed by atoms with Crippen LogP contribution in [0, 0.1) is 0 Å². The molecule has 4 heteroatoms. The Labute approximate surface area is 117 Å². The van der Waals surface area contributed by atoms with Crippen LogP contribution in [0.4, 0.5) is 0 Å². The molecule has 1 aliphatic heterocycles. The Morgan fingerprint density at radius 3 is 2.72 bits per heavy atom. The van der Waals surface area contributed by atoms with Crippen molar-refractivity contribution < 1.29 is 4.79 Å². The number of hydrogen-bond acceptors (Lipinski definition) is 2. The van der Waals surface area contributed by atoms with Gasteiger partial charge in [-0.15, -0.1) is 0 Å².